The molecule has 3 heterocycles. The first-order valence-corrected chi connectivity index (χ1v) is 28.2. The van der Waals surface area contributed by atoms with Gasteiger partial charge in [0.15, 0.2) is 18.9 Å². The number of hydrogen-bond donors (Lipinski definition) is 15. The minimum absolute atomic E-state index is 0.0356. The van der Waals surface area contributed by atoms with E-state index in [1.54, 1.807) is 13.8 Å². The van der Waals surface area contributed by atoms with Gasteiger partial charge >= 0.3 is 0 Å². The highest BCUT2D eigenvalue weighted by Gasteiger charge is 2.70. The molecular formula is C55H94O22. The highest BCUT2D eigenvalue weighted by Crippen LogP contribution is 2.75. The van der Waals surface area contributed by atoms with E-state index in [4.69, 9.17) is 33.2 Å². The summed E-state index contributed by atoms with van der Waals surface area (Å²) in [7, 11) is 0. The average molecular weight is 1110 g/mol. The highest BCUT2D eigenvalue weighted by molar-refractivity contribution is 5.32. The molecule has 0 aromatic heterocycles. The molecular weight excluding hydrogens is 1010 g/mol. The molecule has 0 spiro atoms. The second-order valence-corrected chi connectivity index (χ2v) is 26.3. The molecule has 446 valence electrons. The number of allylic oxidation sites excluding steroid dienone is 1. The SMILES string of the molecule is C[C@H](CC[C@@H](O[C@@H]1O[C@H](CO[C@@H]2O[C@@H](C)[C@H](O)[C@@H](O)[C@H]2O)[C@@H](O)[C@H](O)[C@H]1O[C@@H]1O[C@H](CO)[C@@H](O)[C@H](O)[C@H]1O)C(C)(C)O)[C@H]1CC[C@@]2(C)[C@@H]3CC=C4[C@@H](CC[C@H](O[C@@H]5C[C@H](CO)[C@@H](O)[C@H](O)[C@H]5O)C4(C)C)[C@]3(C)[C@H](O)C[C@]12C. The molecule has 3 aliphatic heterocycles. The van der Waals surface area contributed by atoms with Crippen molar-refractivity contribution in [3.8, 4) is 0 Å². The van der Waals surface area contributed by atoms with Gasteiger partial charge in [-0.15, -0.1) is 0 Å². The van der Waals surface area contributed by atoms with Gasteiger partial charge in [0.25, 0.3) is 0 Å². The van der Waals surface area contributed by atoms with Crippen molar-refractivity contribution >= 4 is 0 Å². The van der Waals surface area contributed by atoms with Gasteiger partial charge in [-0.05, 0) is 113 Å². The third kappa shape index (κ3) is 10.9. The van der Waals surface area contributed by atoms with Crippen LogP contribution in [0, 0.1) is 51.2 Å². The lowest BCUT2D eigenvalue weighted by Gasteiger charge is -2.67. The van der Waals surface area contributed by atoms with Crippen LogP contribution in [0.3, 0.4) is 0 Å². The van der Waals surface area contributed by atoms with Crippen LogP contribution in [0.25, 0.3) is 0 Å². The van der Waals surface area contributed by atoms with Crippen molar-refractivity contribution in [3.63, 3.8) is 0 Å². The van der Waals surface area contributed by atoms with E-state index in [2.05, 4.69) is 47.6 Å². The van der Waals surface area contributed by atoms with Crippen molar-refractivity contribution in [2.75, 3.05) is 19.8 Å². The molecule has 30 atom stereocenters. The van der Waals surface area contributed by atoms with Crippen LogP contribution in [-0.2, 0) is 33.2 Å². The Kier molecular flexibility index (Phi) is 18.6. The van der Waals surface area contributed by atoms with Crippen molar-refractivity contribution in [1.29, 1.82) is 0 Å². The molecule has 0 aromatic rings. The number of aliphatic hydroxyl groups excluding tert-OH is 14. The number of aliphatic hydroxyl groups is 15. The molecule has 0 unspecified atom stereocenters. The summed E-state index contributed by atoms with van der Waals surface area (Å²) in [5, 5.41) is 163. The molecule has 4 saturated carbocycles. The predicted molar refractivity (Wildman–Crippen MR) is 269 cm³/mol. The van der Waals surface area contributed by atoms with E-state index in [-0.39, 0.29) is 60.1 Å². The van der Waals surface area contributed by atoms with E-state index >= 15 is 0 Å². The first-order chi connectivity index (χ1) is 35.9. The zero-order chi connectivity index (χ0) is 56.8. The van der Waals surface area contributed by atoms with Crippen LogP contribution in [-0.4, -0.2) is 237 Å². The van der Waals surface area contributed by atoms with E-state index in [1.165, 1.54) is 12.5 Å². The molecule has 0 bridgehead atoms. The topological polar surface area (TPSA) is 368 Å². The summed E-state index contributed by atoms with van der Waals surface area (Å²) in [5.74, 6) is -0.257. The highest BCUT2D eigenvalue weighted by atomic mass is 16.8. The first kappa shape index (κ1) is 61.9. The van der Waals surface area contributed by atoms with Gasteiger partial charge in [-0.1, -0.05) is 53.2 Å². The second kappa shape index (κ2) is 23.1. The van der Waals surface area contributed by atoms with Crippen LogP contribution < -0.4 is 0 Å². The summed E-state index contributed by atoms with van der Waals surface area (Å²) in [6.45, 7) is 16.3. The van der Waals surface area contributed by atoms with Crippen LogP contribution in [0.1, 0.15) is 120 Å². The van der Waals surface area contributed by atoms with Gasteiger partial charge in [-0.3, -0.25) is 0 Å². The second-order valence-electron chi connectivity index (χ2n) is 26.3. The minimum atomic E-state index is -1.90. The summed E-state index contributed by atoms with van der Waals surface area (Å²) < 4.78 is 42.4. The molecule has 5 aliphatic carbocycles. The Balaban J connectivity index is 0.985. The Bertz CT molecular complexity index is 2000. The van der Waals surface area contributed by atoms with Gasteiger partial charge in [-0.2, -0.15) is 0 Å². The Labute approximate surface area is 451 Å². The van der Waals surface area contributed by atoms with E-state index in [0.29, 0.717) is 19.3 Å². The molecule has 0 aromatic carbocycles. The minimum Gasteiger partial charge on any atom is -0.396 e. The fourth-order valence-electron chi connectivity index (χ4n) is 16.0. The number of ether oxygens (including phenoxy) is 7. The normalized spacial score (nSPS) is 51.9. The molecule has 8 rings (SSSR count). The molecule has 22 heteroatoms. The van der Waals surface area contributed by atoms with Crippen LogP contribution in [0.4, 0.5) is 0 Å². The van der Waals surface area contributed by atoms with Gasteiger partial charge in [-0.25, -0.2) is 0 Å². The zero-order valence-electron chi connectivity index (χ0n) is 46.2. The van der Waals surface area contributed by atoms with Crippen molar-refractivity contribution in [2.24, 2.45) is 51.2 Å². The van der Waals surface area contributed by atoms with Crippen molar-refractivity contribution in [2.45, 2.75) is 261 Å². The summed E-state index contributed by atoms with van der Waals surface area (Å²) in [4.78, 5) is 0. The van der Waals surface area contributed by atoms with E-state index in [9.17, 15) is 76.6 Å². The Morgan fingerprint density at radius 2 is 1.29 bits per heavy atom. The maximum atomic E-state index is 12.7. The van der Waals surface area contributed by atoms with Gasteiger partial charge in [0.1, 0.15) is 79.4 Å². The van der Waals surface area contributed by atoms with Crippen LogP contribution >= 0.6 is 0 Å². The fraction of sp³-hybridized carbons (Fsp3) is 0.964. The Morgan fingerprint density at radius 3 is 1.94 bits per heavy atom. The van der Waals surface area contributed by atoms with Crippen LogP contribution in [0.15, 0.2) is 11.6 Å². The molecule has 0 radical (unpaired) electrons. The lowest BCUT2D eigenvalue weighted by atomic mass is 9.38. The predicted octanol–water partition coefficient (Wildman–Crippen LogP) is -1.54. The molecule has 15 N–H and O–H groups in total. The maximum Gasteiger partial charge on any atom is 0.187 e. The largest absolute Gasteiger partial charge is 0.396 e. The van der Waals surface area contributed by atoms with E-state index < -0.39 is 164 Å². The van der Waals surface area contributed by atoms with Crippen LogP contribution in [0.5, 0.6) is 0 Å². The zero-order valence-corrected chi connectivity index (χ0v) is 46.2. The van der Waals surface area contributed by atoms with Gasteiger partial charge in [0.2, 0.25) is 0 Å². The molecule has 22 nitrogen and oxygen atoms in total. The summed E-state index contributed by atoms with van der Waals surface area (Å²) in [6, 6.07) is 0. The molecule has 3 saturated heterocycles. The van der Waals surface area contributed by atoms with Crippen molar-refractivity contribution in [1.82, 2.24) is 0 Å². The third-order valence-corrected chi connectivity index (χ3v) is 21.3. The molecule has 7 fully saturated rings. The average Bonchev–Trinajstić information content (AvgIpc) is 3.92. The molecule has 8 aliphatic rings. The van der Waals surface area contributed by atoms with Gasteiger partial charge < -0.3 is 110 Å². The van der Waals surface area contributed by atoms with E-state index in [0.717, 1.165) is 25.7 Å². The number of hydrogen-bond acceptors (Lipinski definition) is 22. The Morgan fingerprint density at radius 1 is 0.662 bits per heavy atom. The third-order valence-electron chi connectivity index (χ3n) is 21.3. The van der Waals surface area contributed by atoms with Crippen LogP contribution in [0.2, 0.25) is 0 Å². The smallest absolute Gasteiger partial charge is 0.187 e. The lowest BCUT2D eigenvalue weighted by Crippen LogP contribution is -2.65. The lowest BCUT2D eigenvalue weighted by molar-refractivity contribution is -0.380. The maximum absolute atomic E-state index is 12.7. The standard InChI is InChI=1S/C55H94O22/c1-23(26-16-17-53(7)32-13-11-27-28(55(32,9)33(58)19-54(26,53)8)12-15-34(51(27,3)4)73-29-18-25(20-56)37(60)42(65)38(29)61)10-14-35(52(5,6)70)76-50-47(77-49-46(69)43(66)39(62)30(21-57)74-49)44(67)40(63)31(75-50)22-71-48-45(68)41(64)36(59)24(2)72-48/h11,23-26,28-50,56-70H,10,12-22H2,1-9H3/t23-,24+,25-,26-,28-,29-,30-,31-,32+,33-,34+,35-,36+,37-,38+,39-,40-,41-,42+,43+,44+,45-,46-,47-,48-,49+,50+,53+,54-,55+/m1/s1. The summed E-state index contributed by atoms with van der Waals surface area (Å²) >= 11 is 0. The number of rotatable bonds is 16. The molecule has 77 heavy (non-hydrogen) atoms. The van der Waals surface area contributed by atoms with E-state index in [1.807, 2.05) is 0 Å². The summed E-state index contributed by atoms with van der Waals surface area (Å²) in [5.41, 5.74) is -1.78. The monoisotopic (exact) mass is 1110 g/mol. The van der Waals surface area contributed by atoms with Gasteiger partial charge in [0, 0.05) is 23.4 Å². The first-order valence-electron chi connectivity index (χ1n) is 28.2. The molecule has 0 amide bonds. The fourth-order valence-corrected chi connectivity index (χ4v) is 16.0. The Hall–Kier alpha value is -1.14. The van der Waals surface area contributed by atoms with Crippen molar-refractivity contribution < 1.29 is 110 Å². The number of fused-ring (bicyclic) bond motifs is 5. The van der Waals surface area contributed by atoms with Gasteiger partial charge in [0.05, 0.1) is 55.4 Å². The quantitative estimate of drug-likeness (QED) is 0.0779. The summed E-state index contributed by atoms with van der Waals surface area (Å²) in [6.07, 6.45) is -23.2. The van der Waals surface area contributed by atoms with Crippen molar-refractivity contribution in [3.05, 3.63) is 11.6 Å².